The van der Waals surface area contributed by atoms with Gasteiger partial charge in [-0.3, -0.25) is 9.59 Å². The van der Waals surface area contributed by atoms with E-state index in [1.807, 2.05) is 47.4 Å². The fourth-order valence-corrected chi connectivity index (χ4v) is 3.34. The zero-order valence-electron chi connectivity index (χ0n) is 13.3. The van der Waals surface area contributed by atoms with Crippen molar-refractivity contribution in [3.63, 3.8) is 0 Å². The molecule has 5 nitrogen and oxygen atoms in total. The molecule has 0 unspecified atom stereocenters. The molecule has 5 heteroatoms. The second-order valence-electron chi connectivity index (χ2n) is 5.98. The highest BCUT2D eigenvalue weighted by Gasteiger charge is 2.28. The van der Waals surface area contributed by atoms with E-state index in [4.69, 9.17) is 4.74 Å². The quantitative estimate of drug-likeness (QED) is 0.872. The van der Waals surface area contributed by atoms with Crippen LogP contribution in [0, 0.1) is 0 Å². The van der Waals surface area contributed by atoms with Crippen LogP contribution in [0.25, 0.3) is 0 Å². The first-order chi connectivity index (χ1) is 11.7. The van der Waals surface area contributed by atoms with Gasteiger partial charge in [0.05, 0.1) is 5.69 Å². The topological polar surface area (TPSA) is 49.9 Å². The summed E-state index contributed by atoms with van der Waals surface area (Å²) >= 11 is 0. The summed E-state index contributed by atoms with van der Waals surface area (Å²) < 4.78 is 5.43. The first-order valence-electron chi connectivity index (χ1n) is 8.14. The maximum atomic E-state index is 12.6. The molecule has 0 radical (unpaired) electrons. The van der Waals surface area contributed by atoms with Gasteiger partial charge >= 0.3 is 0 Å². The summed E-state index contributed by atoms with van der Waals surface area (Å²) in [6.07, 6.45) is 1.19. The molecule has 0 spiro atoms. The monoisotopic (exact) mass is 322 g/mol. The lowest BCUT2D eigenvalue weighted by atomic mass is 10.2. The standard InChI is InChI=1S/C19H18N2O3/c22-18(20-11-9-14-5-1-2-6-15(14)20)10-12-21-16-7-3-4-8-17(16)24-13-19(21)23/h1-8H,9-13H2. The number of hydrogen-bond acceptors (Lipinski definition) is 3. The highest BCUT2D eigenvalue weighted by atomic mass is 16.5. The van der Waals surface area contributed by atoms with Gasteiger partial charge in [-0.25, -0.2) is 0 Å². The van der Waals surface area contributed by atoms with Gasteiger partial charge in [-0.05, 0) is 30.2 Å². The number of para-hydroxylation sites is 3. The molecule has 0 N–H and O–H groups in total. The summed E-state index contributed by atoms with van der Waals surface area (Å²) in [5.74, 6) is 0.635. The molecule has 0 aromatic heterocycles. The van der Waals surface area contributed by atoms with Crippen LogP contribution in [-0.2, 0) is 16.0 Å². The largest absolute Gasteiger partial charge is 0.482 e. The Hall–Kier alpha value is -2.82. The average Bonchev–Trinajstić information content (AvgIpc) is 3.05. The van der Waals surface area contributed by atoms with E-state index < -0.39 is 0 Å². The lowest BCUT2D eigenvalue weighted by molar-refractivity contribution is -0.121. The van der Waals surface area contributed by atoms with Gasteiger partial charge in [0.25, 0.3) is 5.91 Å². The molecule has 24 heavy (non-hydrogen) atoms. The lowest BCUT2D eigenvalue weighted by Gasteiger charge is -2.29. The molecule has 2 amide bonds. The molecular formula is C19H18N2O3. The van der Waals surface area contributed by atoms with Crippen LogP contribution >= 0.6 is 0 Å². The molecule has 0 saturated heterocycles. The van der Waals surface area contributed by atoms with Crippen molar-refractivity contribution in [2.45, 2.75) is 12.8 Å². The molecule has 2 heterocycles. The molecule has 0 bridgehead atoms. The molecule has 2 aliphatic rings. The Kier molecular flexibility index (Phi) is 3.69. The van der Waals surface area contributed by atoms with Crippen LogP contribution in [0.1, 0.15) is 12.0 Å². The van der Waals surface area contributed by atoms with Crippen molar-refractivity contribution in [3.8, 4) is 5.75 Å². The number of hydrogen-bond donors (Lipinski definition) is 0. The van der Waals surface area contributed by atoms with E-state index in [-0.39, 0.29) is 18.4 Å². The van der Waals surface area contributed by atoms with Gasteiger partial charge in [0.15, 0.2) is 6.61 Å². The third kappa shape index (κ3) is 2.52. The van der Waals surface area contributed by atoms with Crippen LogP contribution < -0.4 is 14.5 Å². The Bertz CT molecular complexity index is 803. The van der Waals surface area contributed by atoms with Gasteiger partial charge in [-0.1, -0.05) is 30.3 Å². The van der Waals surface area contributed by atoms with Crippen molar-refractivity contribution in [2.75, 3.05) is 29.5 Å². The Labute approximate surface area is 140 Å². The second kappa shape index (κ2) is 6.00. The number of carbonyl (C=O) groups excluding carboxylic acids is 2. The normalized spacial score (nSPS) is 15.8. The number of benzene rings is 2. The zero-order valence-corrected chi connectivity index (χ0v) is 13.3. The maximum absolute atomic E-state index is 12.6. The van der Waals surface area contributed by atoms with E-state index in [0.717, 1.165) is 17.8 Å². The Morgan fingerprint density at radius 1 is 1.04 bits per heavy atom. The summed E-state index contributed by atoms with van der Waals surface area (Å²) in [6, 6.07) is 15.4. The SMILES string of the molecule is O=C(CCN1C(=O)COc2ccccc21)N1CCc2ccccc21. The van der Waals surface area contributed by atoms with Crippen molar-refractivity contribution < 1.29 is 14.3 Å². The highest BCUT2D eigenvalue weighted by Crippen LogP contribution is 2.32. The van der Waals surface area contributed by atoms with Crippen LogP contribution in [0.2, 0.25) is 0 Å². The van der Waals surface area contributed by atoms with Crippen LogP contribution in [-0.4, -0.2) is 31.5 Å². The maximum Gasteiger partial charge on any atom is 0.265 e. The Morgan fingerprint density at radius 3 is 2.67 bits per heavy atom. The van der Waals surface area contributed by atoms with Crippen LogP contribution in [0.15, 0.2) is 48.5 Å². The summed E-state index contributed by atoms with van der Waals surface area (Å²) in [5, 5.41) is 0. The fraction of sp³-hybridized carbons (Fsp3) is 0.263. The number of fused-ring (bicyclic) bond motifs is 2. The first-order valence-corrected chi connectivity index (χ1v) is 8.14. The predicted molar refractivity (Wildman–Crippen MR) is 91.4 cm³/mol. The molecule has 0 aliphatic carbocycles. The zero-order chi connectivity index (χ0) is 16.5. The van der Waals surface area contributed by atoms with Gasteiger partial charge in [0, 0.05) is 25.2 Å². The fourth-order valence-electron chi connectivity index (χ4n) is 3.34. The number of anilines is 2. The van der Waals surface area contributed by atoms with Crippen molar-refractivity contribution in [1.29, 1.82) is 0 Å². The number of amides is 2. The van der Waals surface area contributed by atoms with E-state index in [2.05, 4.69) is 6.07 Å². The van der Waals surface area contributed by atoms with Gasteiger partial charge in [0.2, 0.25) is 5.91 Å². The summed E-state index contributed by atoms with van der Waals surface area (Å²) in [5.41, 5.74) is 2.94. The number of ether oxygens (including phenoxy) is 1. The Morgan fingerprint density at radius 2 is 1.79 bits per heavy atom. The minimum absolute atomic E-state index is 0.0255. The third-order valence-electron chi connectivity index (χ3n) is 4.55. The molecule has 2 aromatic rings. The average molecular weight is 322 g/mol. The molecule has 2 aliphatic heterocycles. The van der Waals surface area contributed by atoms with E-state index in [0.29, 0.717) is 25.3 Å². The van der Waals surface area contributed by atoms with Gasteiger partial charge < -0.3 is 14.5 Å². The van der Waals surface area contributed by atoms with Crippen molar-refractivity contribution in [3.05, 3.63) is 54.1 Å². The first kappa shape index (κ1) is 14.8. The van der Waals surface area contributed by atoms with Gasteiger partial charge in [0.1, 0.15) is 5.75 Å². The van der Waals surface area contributed by atoms with Crippen molar-refractivity contribution in [2.24, 2.45) is 0 Å². The lowest BCUT2D eigenvalue weighted by Crippen LogP contribution is -2.41. The summed E-state index contributed by atoms with van der Waals surface area (Å²) in [7, 11) is 0. The van der Waals surface area contributed by atoms with E-state index >= 15 is 0 Å². The minimum Gasteiger partial charge on any atom is -0.482 e. The highest BCUT2D eigenvalue weighted by molar-refractivity contribution is 6.00. The van der Waals surface area contributed by atoms with E-state index in [1.165, 1.54) is 5.56 Å². The van der Waals surface area contributed by atoms with Crippen LogP contribution in [0.4, 0.5) is 11.4 Å². The molecular weight excluding hydrogens is 304 g/mol. The molecule has 0 fully saturated rings. The van der Waals surface area contributed by atoms with E-state index in [9.17, 15) is 9.59 Å². The molecule has 122 valence electrons. The number of nitrogens with zero attached hydrogens (tertiary/aromatic N) is 2. The smallest absolute Gasteiger partial charge is 0.265 e. The molecule has 0 saturated carbocycles. The van der Waals surface area contributed by atoms with Crippen molar-refractivity contribution in [1.82, 2.24) is 0 Å². The number of rotatable bonds is 3. The van der Waals surface area contributed by atoms with Crippen LogP contribution in [0.3, 0.4) is 0 Å². The van der Waals surface area contributed by atoms with Gasteiger partial charge in [-0.2, -0.15) is 0 Å². The third-order valence-corrected chi connectivity index (χ3v) is 4.55. The predicted octanol–water partition coefficient (Wildman–Crippen LogP) is 2.39. The van der Waals surface area contributed by atoms with Crippen molar-refractivity contribution >= 4 is 23.2 Å². The number of carbonyl (C=O) groups is 2. The summed E-state index contributed by atoms with van der Waals surface area (Å²) in [4.78, 5) is 28.3. The minimum atomic E-state index is -0.108. The molecule has 4 rings (SSSR count). The molecule has 2 aromatic carbocycles. The summed E-state index contributed by atoms with van der Waals surface area (Å²) in [6.45, 7) is 1.11. The van der Waals surface area contributed by atoms with Gasteiger partial charge in [-0.15, -0.1) is 0 Å². The van der Waals surface area contributed by atoms with E-state index in [1.54, 1.807) is 4.90 Å². The Balaban J connectivity index is 1.48. The second-order valence-corrected chi connectivity index (χ2v) is 5.98. The van der Waals surface area contributed by atoms with Crippen LogP contribution in [0.5, 0.6) is 5.75 Å². The molecule has 0 atom stereocenters.